The van der Waals surface area contributed by atoms with Crippen LogP contribution in [0, 0.1) is 6.85 Å². The van der Waals surface area contributed by atoms with E-state index in [-0.39, 0.29) is 5.82 Å². The zero-order valence-corrected chi connectivity index (χ0v) is 27.2. The van der Waals surface area contributed by atoms with Crippen molar-refractivity contribution in [2.45, 2.75) is 6.85 Å². The highest BCUT2D eigenvalue weighted by Gasteiger charge is 2.19. The average Bonchev–Trinajstić information content (AvgIpc) is 3.76. The lowest BCUT2D eigenvalue weighted by atomic mass is 9.84. The molecular formula is C46H30N2S. The molecule has 0 atom stereocenters. The van der Waals surface area contributed by atoms with Crippen LogP contribution in [-0.4, -0.2) is 9.55 Å². The lowest BCUT2D eigenvalue weighted by molar-refractivity contribution is 1.00. The highest BCUT2D eigenvalue weighted by Crippen LogP contribution is 2.46. The maximum Gasteiger partial charge on any atom is 0.111 e. The van der Waals surface area contributed by atoms with Crippen molar-refractivity contribution in [2.75, 3.05) is 0 Å². The molecule has 0 bridgehead atoms. The summed E-state index contributed by atoms with van der Waals surface area (Å²) in [6, 6.07) is 57.4. The van der Waals surface area contributed by atoms with Crippen LogP contribution in [-0.2, 0) is 0 Å². The zero-order valence-electron chi connectivity index (χ0n) is 29.4. The lowest BCUT2D eigenvalue weighted by Crippen LogP contribution is -1.98. The molecule has 0 fully saturated rings. The number of imidazole rings is 1. The van der Waals surface area contributed by atoms with E-state index in [2.05, 4.69) is 132 Å². The van der Waals surface area contributed by atoms with E-state index in [1.54, 1.807) is 4.57 Å². The number of nitrogens with zero attached hydrogens (tertiary/aromatic N) is 2. The molecule has 0 aliphatic heterocycles. The highest BCUT2D eigenvalue weighted by atomic mass is 32.1. The van der Waals surface area contributed by atoms with Crippen molar-refractivity contribution in [3.8, 4) is 39.1 Å². The Morgan fingerprint density at radius 2 is 1.10 bits per heavy atom. The summed E-state index contributed by atoms with van der Waals surface area (Å²) >= 11 is 1.83. The summed E-state index contributed by atoms with van der Waals surface area (Å²) in [4.78, 5) is 4.58. The summed E-state index contributed by atoms with van der Waals surface area (Å²) in [5.74, 6) is 0.0553. The fourth-order valence-electron chi connectivity index (χ4n) is 7.58. The van der Waals surface area contributed by atoms with Crippen LogP contribution < -0.4 is 0 Å². The smallest absolute Gasteiger partial charge is 0.111 e. The van der Waals surface area contributed by atoms with E-state index in [1.807, 2.05) is 47.7 Å². The summed E-state index contributed by atoms with van der Waals surface area (Å²) in [6.45, 7) is -2.39. The predicted molar refractivity (Wildman–Crippen MR) is 210 cm³/mol. The SMILES string of the molecule is [2H]C([2H])([2H])c1nc2ccccc2n1-c1cccc(-c2c3ccccc3c(-c3ccc4sc5ccccc5c4c3)c3cc(-c4ccccc4)ccc23)c1. The summed E-state index contributed by atoms with van der Waals surface area (Å²) in [6.07, 6.45) is 0. The minimum absolute atomic E-state index is 0.0553. The Balaban J connectivity index is 1.28. The van der Waals surface area contributed by atoms with Crippen molar-refractivity contribution in [1.82, 2.24) is 9.55 Å². The first kappa shape index (κ1) is 25.0. The second kappa shape index (κ2) is 11.0. The molecule has 2 nitrogen and oxygen atoms in total. The van der Waals surface area contributed by atoms with Crippen molar-refractivity contribution in [3.63, 3.8) is 0 Å². The van der Waals surface area contributed by atoms with Gasteiger partial charge >= 0.3 is 0 Å². The quantitative estimate of drug-likeness (QED) is 0.174. The highest BCUT2D eigenvalue weighted by molar-refractivity contribution is 7.25. The van der Waals surface area contributed by atoms with Gasteiger partial charge in [-0.15, -0.1) is 11.3 Å². The Morgan fingerprint density at radius 1 is 0.469 bits per heavy atom. The van der Waals surface area contributed by atoms with Gasteiger partial charge < -0.3 is 0 Å². The number of para-hydroxylation sites is 2. The van der Waals surface area contributed by atoms with Crippen LogP contribution >= 0.6 is 11.3 Å². The number of aryl methyl sites for hydroxylation is 1. The summed E-state index contributed by atoms with van der Waals surface area (Å²) in [5, 5.41) is 7.14. The third-order valence-electron chi connectivity index (χ3n) is 9.75. The van der Waals surface area contributed by atoms with Gasteiger partial charge in [0.05, 0.1) is 11.0 Å². The number of hydrogen-bond donors (Lipinski definition) is 0. The van der Waals surface area contributed by atoms with Gasteiger partial charge in [0.1, 0.15) is 5.82 Å². The molecule has 230 valence electrons. The molecular weight excluding hydrogens is 613 g/mol. The normalized spacial score (nSPS) is 12.9. The van der Waals surface area contributed by atoms with E-state index in [0.29, 0.717) is 5.52 Å². The molecule has 2 aromatic heterocycles. The second-order valence-corrected chi connectivity index (χ2v) is 13.6. The summed E-state index contributed by atoms with van der Waals surface area (Å²) < 4.78 is 29.4. The Morgan fingerprint density at radius 3 is 1.96 bits per heavy atom. The van der Waals surface area contributed by atoms with Crippen LogP contribution in [0.15, 0.2) is 164 Å². The van der Waals surface area contributed by atoms with E-state index in [9.17, 15) is 0 Å². The maximum atomic E-state index is 8.36. The number of aromatic nitrogens is 2. The molecule has 0 aliphatic rings. The molecule has 0 amide bonds. The third-order valence-corrected chi connectivity index (χ3v) is 10.9. The number of fused-ring (bicyclic) bond motifs is 6. The molecule has 0 saturated heterocycles. The van der Waals surface area contributed by atoms with E-state index < -0.39 is 6.85 Å². The van der Waals surface area contributed by atoms with Crippen LogP contribution in [0.4, 0.5) is 0 Å². The minimum atomic E-state index is -2.39. The number of hydrogen-bond acceptors (Lipinski definition) is 2. The van der Waals surface area contributed by atoms with Crippen LogP contribution in [0.2, 0.25) is 0 Å². The lowest BCUT2D eigenvalue weighted by Gasteiger charge is -2.19. The van der Waals surface area contributed by atoms with Gasteiger partial charge in [-0.3, -0.25) is 4.57 Å². The summed E-state index contributed by atoms with van der Waals surface area (Å²) in [5.41, 5.74) is 8.98. The first-order valence-electron chi connectivity index (χ1n) is 18.0. The Hall–Kier alpha value is -6.03. The minimum Gasteiger partial charge on any atom is -0.297 e. The van der Waals surface area contributed by atoms with Crippen molar-refractivity contribution in [1.29, 1.82) is 0 Å². The summed E-state index contributed by atoms with van der Waals surface area (Å²) in [7, 11) is 0. The topological polar surface area (TPSA) is 17.8 Å². The zero-order chi connectivity index (χ0) is 35.0. The molecule has 0 saturated carbocycles. The first-order chi connectivity index (χ1) is 25.4. The molecule has 0 unspecified atom stereocenters. The standard InChI is InChI=1S/C46H30N2S/c1-29-47-41-19-8-9-20-42(41)48(29)34-15-11-14-32(26-34)45-36-17-5-6-18-37(36)46(40-27-31(22-24-38(40)45)30-12-3-2-4-13-30)33-23-25-44-39(28-33)35-16-7-10-21-43(35)49-44/h2-28H,1H3/i1D3. The van der Waals surface area contributed by atoms with Gasteiger partial charge in [0.25, 0.3) is 0 Å². The second-order valence-electron chi connectivity index (χ2n) is 12.5. The van der Waals surface area contributed by atoms with E-state index in [4.69, 9.17) is 4.11 Å². The monoisotopic (exact) mass is 645 g/mol. The van der Waals surface area contributed by atoms with Gasteiger partial charge in [-0.05, 0) is 110 Å². The predicted octanol–water partition coefficient (Wildman–Crippen LogP) is 13.0. The Kier molecular flexibility index (Phi) is 5.63. The Labute approximate surface area is 292 Å². The van der Waals surface area contributed by atoms with E-state index in [0.717, 1.165) is 55.0 Å². The van der Waals surface area contributed by atoms with Crippen molar-refractivity contribution < 1.29 is 4.11 Å². The fourth-order valence-corrected chi connectivity index (χ4v) is 8.67. The van der Waals surface area contributed by atoms with Crippen LogP contribution in [0.1, 0.15) is 9.94 Å². The number of thiophene rings is 1. The third kappa shape index (κ3) is 4.43. The van der Waals surface area contributed by atoms with Gasteiger partial charge in [0.2, 0.25) is 0 Å². The van der Waals surface area contributed by atoms with Crippen molar-refractivity contribution >= 4 is 64.1 Å². The average molecular weight is 646 g/mol. The van der Waals surface area contributed by atoms with E-state index >= 15 is 0 Å². The number of rotatable bonds is 4. The molecule has 0 aliphatic carbocycles. The molecule has 10 aromatic rings. The van der Waals surface area contributed by atoms with Crippen molar-refractivity contribution in [2.24, 2.45) is 0 Å². The van der Waals surface area contributed by atoms with Gasteiger partial charge in [-0.2, -0.15) is 0 Å². The van der Waals surface area contributed by atoms with Crippen molar-refractivity contribution in [3.05, 3.63) is 170 Å². The molecule has 49 heavy (non-hydrogen) atoms. The molecule has 0 N–H and O–H groups in total. The van der Waals surface area contributed by atoms with Gasteiger partial charge in [-0.1, -0.05) is 115 Å². The van der Waals surface area contributed by atoms with Crippen LogP contribution in [0.25, 0.3) is 91.8 Å². The Bertz CT molecular complexity index is 3010. The number of benzene rings is 8. The van der Waals surface area contributed by atoms with Crippen LogP contribution in [0.3, 0.4) is 0 Å². The largest absolute Gasteiger partial charge is 0.297 e. The maximum absolute atomic E-state index is 8.36. The molecule has 3 heteroatoms. The van der Waals surface area contributed by atoms with Gasteiger partial charge in [0.15, 0.2) is 0 Å². The molecule has 8 aromatic carbocycles. The van der Waals surface area contributed by atoms with Gasteiger partial charge in [-0.25, -0.2) is 4.98 Å². The fraction of sp³-hybridized carbons (Fsp3) is 0.0217. The van der Waals surface area contributed by atoms with Gasteiger partial charge in [0, 0.05) is 30.0 Å². The molecule has 2 heterocycles. The van der Waals surface area contributed by atoms with E-state index in [1.165, 1.54) is 31.3 Å². The first-order valence-corrected chi connectivity index (χ1v) is 17.3. The molecule has 10 rings (SSSR count). The molecule has 0 radical (unpaired) electrons. The van der Waals surface area contributed by atoms with Crippen LogP contribution in [0.5, 0.6) is 0 Å². The molecule has 0 spiro atoms.